The Labute approximate surface area is 250 Å². The van der Waals surface area contributed by atoms with Crippen molar-refractivity contribution in [3.8, 4) is 5.75 Å². The van der Waals surface area contributed by atoms with Crippen molar-refractivity contribution < 1.29 is 27.7 Å². The lowest BCUT2D eigenvalue weighted by atomic mass is 10.1. The van der Waals surface area contributed by atoms with Gasteiger partial charge in [-0.15, -0.1) is 0 Å². The van der Waals surface area contributed by atoms with Crippen molar-refractivity contribution in [1.82, 2.24) is 10.2 Å². The number of sulfonamides is 1. The molecule has 0 spiro atoms. The van der Waals surface area contributed by atoms with Crippen LogP contribution in [0.25, 0.3) is 0 Å². The van der Waals surface area contributed by atoms with Crippen molar-refractivity contribution in [1.29, 1.82) is 0 Å². The average Bonchev–Trinajstić information content (AvgIpc) is 2.96. The van der Waals surface area contributed by atoms with Gasteiger partial charge in [-0.1, -0.05) is 54.4 Å². The predicted molar refractivity (Wildman–Crippen MR) is 160 cm³/mol. The molecule has 2 amide bonds. The molecule has 3 rings (SSSR count). The number of methoxy groups -OCH3 is 1. The van der Waals surface area contributed by atoms with Crippen LogP contribution in [-0.2, 0) is 26.2 Å². The highest BCUT2D eigenvalue weighted by molar-refractivity contribution is 7.92. The maximum absolute atomic E-state index is 14.1. The molecule has 3 aromatic carbocycles. The van der Waals surface area contributed by atoms with Crippen LogP contribution in [0, 0.1) is 24.0 Å². The number of carbonyl (C=O) groups excluding carboxylic acids is 2. The van der Waals surface area contributed by atoms with E-state index in [1.165, 1.54) is 56.3 Å². The molecule has 0 unspecified atom stereocenters. The van der Waals surface area contributed by atoms with Crippen LogP contribution in [-0.4, -0.2) is 56.8 Å². The second kappa shape index (κ2) is 13.7. The minimum atomic E-state index is -4.60. The first-order valence-corrected chi connectivity index (χ1v) is 14.8. The monoisotopic (exact) mass is 616 g/mol. The molecule has 0 aliphatic carbocycles. The third-order valence-electron chi connectivity index (χ3n) is 6.76. The van der Waals surface area contributed by atoms with E-state index in [4.69, 9.17) is 16.3 Å². The molecule has 13 heteroatoms. The number of ether oxygens (including phenoxy) is 1. The molecule has 224 valence electrons. The quantitative estimate of drug-likeness (QED) is 0.231. The van der Waals surface area contributed by atoms with E-state index < -0.39 is 49.9 Å². The number of carbonyl (C=O) groups is 2. The Kier molecular flexibility index (Phi) is 10.5. The molecule has 0 aliphatic rings. The Hall–Kier alpha value is -4.16. The van der Waals surface area contributed by atoms with Crippen LogP contribution in [0.1, 0.15) is 30.0 Å². The Bertz CT molecular complexity index is 1580. The van der Waals surface area contributed by atoms with Gasteiger partial charge < -0.3 is 15.0 Å². The maximum Gasteiger partial charge on any atom is 0.273 e. The Morgan fingerprint density at radius 3 is 2.31 bits per heavy atom. The summed E-state index contributed by atoms with van der Waals surface area (Å²) in [5, 5.41) is 14.3. The summed E-state index contributed by atoms with van der Waals surface area (Å²) >= 11 is 6.24. The predicted octanol–water partition coefficient (Wildman–Crippen LogP) is 4.62. The van der Waals surface area contributed by atoms with E-state index in [0.717, 1.165) is 21.5 Å². The number of aryl methyl sites for hydroxylation is 2. The first-order chi connectivity index (χ1) is 19.8. The number of anilines is 1. The lowest BCUT2D eigenvalue weighted by molar-refractivity contribution is -0.385. The van der Waals surface area contributed by atoms with E-state index in [1.807, 2.05) is 31.2 Å². The van der Waals surface area contributed by atoms with Crippen molar-refractivity contribution in [2.24, 2.45) is 0 Å². The molecule has 0 saturated carbocycles. The number of hydrogen-bond acceptors (Lipinski definition) is 7. The van der Waals surface area contributed by atoms with Gasteiger partial charge in [0.1, 0.15) is 18.3 Å². The fourth-order valence-electron chi connectivity index (χ4n) is 4.42. The fourth-order valence-corrected chi connectivity index (χ4v) is 6.02. The van der Waals surface area contributed by atoms with Crippen LogP contribution < -0.4 is 14.4 Å². The van der Waals surface area contributed by atoms with Crippen molar-refractivity contribution in [2.45, 2.75) is 44.7 Å². The third-order valence-corrected chi connectivity index (χ3v) is 8.75. The van der Waals surface area contributed by atoms with Gasteiger partial charge in [0.05, 0.1) is 22.6 Å². The zero-order valence-corrected chi connectivity index (χ0v) is 25.5. The molecule has 0 aliphatic heterocycles. The highest BCUT2D eigenvalue weighted by Crippen LogP contribution is 2.36. The van der Waals surface area contributed by atoms with Crippen molar-refractivity contribution >= 4 is 44.8 Å². The van der Waals surface area contributed by atoms with E-state index in [1.54, 1.807) is 6.92 Å². The van der Waals surface area contributed by atoms with Gasteiger partial charge in [0.2, 0.25) is 11.8 Å². The molecule has 0 bridgehead atoms. The van der Waals surface area contributed by atoms with Gasteiger partial charge in [0, 0.05) is 30.2 Å². The minimum Gasteiger partial charge on any atom is -0.495 e. The summed E-state index contributed by atoms with van der Waals surface area (Å²) in [5.74, 6) is -0.999. The summed E-state index contributed by atoms with van der Waals surface area (Å²) in [6.07, 6.45) is 0.259. The molecule has 11 nitrogen and oxygen atoms in total. The highest BCUT2D eigenvalue weighted by atomic mass is 35.5. The largest absolute Gasteiger partial charge is 0.495 e. The number of nitrogens with one attached hydrogen (secondary N) is 1. The standard InChI is InChI=1S/C29H33ClN4O7S/c1-6-24(29(36)31-4)32(17-21-10-7-19(2)8-11-21)28(35)18-33(26-15-22(30)12-14-27(26)41-5)42(39,40)23-13-9-20(3)25(16-23)34(37)38/h7-16,24H,6,17-18H2,1-5H3,(H,31,36)/t24-/m0/s1. The second-order valence-electron chi connectivity index (χ2n) is 9.58. The van der Waals surface area contributed by atoms with E-state index in [0.29, 0.717) is 0 Å². The van der Waals surface area contributed by atoms with Crippen LogP contribution in [0.15, 0.2) is 65.6 Å². The molecular weight excluding hydrogens is 584 g/mol. The normalized spacial score (nSPS) is 11.9. The number of amides is 2. The summed E-state index contributed by atoms with van der Waals surface area (Å²) in [7, 11) is -1.81. The number of nitrogens with zero attached hydrogens (tertiary/aromatic N) is 3. The highest BCUT2D eigenvalue weighted by Gasteiger charge is 2.35. The number of benzene rings is 3. The van der Waals surface area contributed by atoms with E-state index in [9.17, 15) is 28.1 Å². The van der Waals surface area contributed by atoms with Crippen molar-refractivity contribution in [2.75, 3.05) is 25.0 Å². The number of hydrogen-bond donors (Lipinski definition) is 1. The number of likely N-dealkylation sites (N-methyl/N-ethyl adjacent to an activating group) is 1. The Morgan fingerprint density at radius 2 is 1.74 bits per heavy atom. The lowest BCUT2D eigenvalue weighted by Crippen LogP contribution is -2.51. The van der Waals surface area contributed by atoms with Gasteiger partial charge in [-0.3, -0.25) is 24.0 Å². The third kappa shape index (κ3) is 7.18. The molecule has 0 fully saturated rings. The van der Waals surface area contributed by atoms with Crippen LogP contribution in [0.4, 0.5) is 11.4 Å². The summed E-state index contributed by atoms with van der Waals surface area (Å²) < 4.78 is 34.5. The molecule has 1 atom stereocenters. The van der Waals surface area contributed by atoms with Gasteiger partial charge in [0.15, 0.2) is 0 Å². The van der Waals surface area contributed by atoms with Crippen LogP contribution in [0.2, 0.25) is 5.02 Å². The van der Waals surface area contributed by atoms with Crippen molar-refractivity contribution in [3.63, 3.8) is 0 Å². The first kappa shape index (κ1) is 32.4. The molecule has 0 saturated heterocycles. The second-order valence-corrected chi connectivity index (χ2v) is 11.9. The minimum absolute atomic E-state index is 0.0294. The molecule has 0 aromatic heterocycles. The number of nitro groups is 1. The number of nitro benzene ring substituents is 1. The van der Waals surface area contributed by atoms with Gasteiger partial charge in [0.25, 0.3) is 15.7 Å². The maximum atomic E-state index is 14.1. The smallest absolute Gasteiger partial charge is 0.273 e. The summed E-state index contributed by atoms with van der Waals surface area (Å²) in [5.41, 5.74) is 1.56. The summed E-state index contributed by atoms with van der Waals surface area (Å²) in [4.78, 5) is 38.8. The van der Waals surface area contributed by atoms with Gasteiger partial charge in [-0.25, -0.2) is 8.42 Å². The van der Waals surface area contributed by atoms with Crippen molar-refractivity contribution in [3.05, 3.63) is 92.5 Å². The zero-order valence-electron chi connectivity index (χ0n) is 24.0. The zero-order chi connectivity index (χ0) is 31.2. The number of halogens is 1. The van der Waals surface area contributed by atoms with E-state index >= 15 is 0 Å². The Balaban J connectivity index is 2.18. The number of rotatable bonds is 12. The molecule has 1 N–H and O–H groups in total. The average molecular weight is 617 g/mol. The first-order valence-electron chi connectivity index (χ1n) is 13.0. The molecule has 0 radical (unpaired) electrons. The molecule has 0 heterocycles. The van der Waals surface area contributed by atoms with E-state index in [2.05, 4.69) is 5.32 Å². The SMILES string of the molecule is CC[C@@H](C(=O)NC)N(Cc1ccc(C)cc1)C(=O)CN(c1cc(Cl)ccc1OC)S(=O)(=O)c1ccc(C)c([N+](=O)[O-])c1. The summed E-state index contributed by atoms with van der Waals surface area (Å²) in [6, 6.07) is 14.3. The van der Waals surface area contributed by atoms with E-state index in [-0.39, 0.29) is 35.0 Å². The van der Waals surface area contributed by atoms with Crippen LogP contribution >= 0.6 is 11.6 Å². The van der Waals surface area contributed by atoms with Gasteiger partial charge in [-0.05, 0) is 50.1 Å². The lowest BCUT2D eigenvalue weighted by Gasteiger charge is -2.33. The summed E-state index contributed by atoms with van der Waals surface area (Å²) in [6.45, 7) is 4.43. The molecule has 3 aromatic rings. The fraction of sp³-hybridized carbons (Fsp3) is 0.310. The Morgan fingerprint density at radius 1 is 1.07 bits per heavy atom. The van der Waals surface area contributed by atoms with Gasteiger partial charge in [-0.2, -0.15) is 0 Å². The van der Waals surface area contributed by atoms with Gasteiger partial charge >= 0.3 is 0 Å². The molecular formula is C29H33ClN4O7S. The topological polar surface area (TPSA) is 139 Å². The molecule has 42 heavy (non-hydrogen) atoms. The van der Waals surface area contributed by atoms with Crippen LogP contribution in [0.3, 0.4) is 0 Å². The van der Waals surface area contributed by atoms with Crippen LogP contribution in [0.5, 0.6) is 5.75 Å².